The Bertz CT molecular complexity index is 851. The minimum Gasteiger partial charge on any atom is -0.487 e. The molecule has 0 spiro atoms. The maximum atomic E-state index is 6.11. The summed E-state index contributed by atoms with van der Waals surface area (Å²) in [5.74, 6) is 2.54. The number of rotatable bonds is 8. The minimum absolute atomic E-state index is 0.423. The van der Waals surface area contributed by atoms with Crippen LogP contribution in [0.3, 0.4) is 0 Å². The molecular formula is C23H27NO2. The van der Waals surface area contributed by atoms with Gasteiger partial charge < -0.3 is 9.15 Å². The first-order chi connectivity index (χ1) is 12.7. The highest BCUT2D eigenvalue weighted by atomic mass is 16.5. The summed E-state index contributed by atoms with van der Waals surface area (Å²) >= 11 is 0. The van der Waals surface area contributed by atoms with Crippen molar-refractivity contribution in [1.29, 1.82) is 0 Å². The molecular weight excluding hydrogens is 322 g/mol. The molecule has 0 aliphatic heterocycles. The van der Waals surface area contributed by atoms with Crippen molar-refractivity contribution >= 4 is 0 Å². The molecule has 1 heterocycles. The molecule has 2 aromatic carbocycles. The number of para-hydroxylation sites is 1. The van der Waals surface area contributed by atoms with Gasteiger partial charge in [-0.15, -0.1) is 0 Å². The van der Waals surface area contributed by atoms with Crippen molar-refractivity contribution in [3.63, 3.8) is 0 Å². The van der Waals surface area contributed by atoms with E-state index in [1.54, 1.807) is 0 Å². The molecule has 0 saturated carbocycles. The Kier molecular flexibility index (Phi) is 6.11. The number of nitrogens with zero attached hydrogens (tertiary/aromatic N) is 1. The second kappa shape index (κ2) is 8.70. The largest absolute Gasteiger partial charge is 0.487 e. The lowest BCUT2D eigenvalue weighted by atomic mass is 10.0. The first kappa shape index (κ1) is 18.2. The number of aromatic nitrogens is 1. The van der Waals surface area contributed by atoms with Gasteiger partial charge in [-0.25, -0.2) is 4.98 Å². The molecule has 0 bridgehead atoms. The molecule has 0 N–H and O–H groups in total. The van der Waals surface area contributed by atoms with Crippen molar-refractivity contribution in [2.24, 2.45) is 0 Å². The summed E-state index contributed by atoms with van der Waals surface area (Å²) in [6, 6.07) is 16.6. The molecule has 3 rings (SSSR count). The summed E-state index contributed by atoms with van der Waals surface area (Å²) in [6.07, 6.45) is 4.42. The first-order valence-corrected chi connectivity index (χ1v) is 9.41. The topological polar surface area (TPSA) is 35.3 Å². The Morgan fingerprint density at radius 3 is 2.65 bits per heavy atom. The van der Waals surface area contributed by atoms with Gasteiger partial charge in [0.2, 0.25) is 0 Å². The van der Waals surface area contributed by atoms with Crippen LogP contribution in [0.25, 0.3) is 11.1 Å². The van der Waals surface area contributed by atoms with Crippen molar-refractivity contribution in [2.75, 3.05) is 0 Å². The van der Waals surface area contributed by atoms with Crippen LogP contribution in [0.15, 0.2) is 52.9 Å². The zero-order chi connectivity index (χ0) is 18.4. The molecule has 26 heavy (non-hydrogen) atoms. The number of hydrogen-bond donors (Lipinski definition) is 0. The van der Waals surface area contributed by atoms with E-state index in [4.69, 9.17) is 9.15 Å². The molecule has 0 unspecified atom stereocenters. The third-order valence-corrected chi connectivity index (χ3v) is 4.51. The van der Waals surface area contributed by atoms with Gasteiger partial charge in [-0.05, 0) is 31.9 Å². The lowest BCUT2D eigenvalue weighted by Crippen LogP contribution is -1.99. The Morgan fingerprint density at radius 2 is 1.85 bits per heavy atom. The second-order valence-corrected chi connectivity index (χ2v) is 6.72. The predicted octanol–water partition coefficient (Wildman–Crippen LogP) is 6.27. The molecule has 0 radical (unpaired) electrons. The van der Waals surface area contributed by atoms with Crippen LogP contribution < -0.4 is 4.74 Å². The van der Waals surface area contributed by atoms with E-state index in [1.807, 2.05) is 25.1 Å². The Hall–Kier alpha value is -2.55. The molecule has 136 valence electrons. The van der Waals surface area contributed by atoms with Crippen molar-refractivity contribution < 1.29 is 9.15 Å². The number of unbranched alkanes of at least 4 members (excludes halogenated alkanes) is 2. The first-order valence-electron chi connectivity index (χ1n) is 9.41. The number of ether oxygens (including phenoxy) is 1. The van der Waals surface area contributed by atoms with Crippen LogP contribution in [0, 0.1) is 13.8 Å². The van der Waals surface area contributed by atoms with Crippen LogP contribution in [-0.4, -0.2) is 4.98 Å². The average Bonchev–Trinajstić information content (AvgIpc) is 3.00. The van der Waals surface area contributed by atoms with E-state index in [2.05, 4.69) is 49.2 Å². The van der Waals surface area contributed by atoms with Crippen molar-refractivity contribution in [2.45, 2.75) is 53.1 Å². The van der Waals surface area contributed by atoms with E-state index in [0.29, 0.717) is 6.61 Å². The maximum Gasteiger partial charge on any atom is 0.194 e. The lowest BCUT2D eigenvalue weighted by molar-refractivity contribution is 0.301. The second-order valence-electron chi connectivity index (χ2n) is 6.72. The van der Waals surface area contributed by atoms with E-state index < -0.39 is 0 Å². The van der Waals surface area contributed by atoms with Gasteiger partial charge in [-0.2, -0.15) is 0 Å². The predicted molar refractivity (Wildman–Crippen MR) is 105 cm³/mol. The van der Waals surface area contributed by atoms with E-state index >= 15 is 0 Å². The molecule has 3 heteroatoms. The standard InChI is InChI=1S/C23H27NO2/c1-4-5-6-14-23-24-21(18(3)26-23)16-25-22-13-8-7-12-20(22)19-11-9-10-17(2)15-19/h7-13,15H,4-6,14,16H2,1-3H3. The third-order valence-electron chi connectivity index (χ3n) is 4.51. The summed E-state index contributed by atoms with van der Waals surface area (Å²) in [4.78, 5) is 4.62. The summed E-state index contributed by atoms with van der Waals surface area (Å²) in [5, 5.41) is 0. The smallest absolute Gasteiger partial charge is 0.194 e. The number of aryl methyl sites for hydroxylation is 3. The number of benzene rings is 2. The lowest BCUT2D eigenvalue weighted by Gasteiger charge is -2.11. The van der Waals surface area contributed by atoms with E-state index in [-0.39, 0.29) is 0 Å². The van der Waals surface area contributed by atoms with Crippen LogP contribution in [0.5, 0.6) is 5.75 Å². The Morgan fingerprint density at radius 1 is 1.00 bits per heavy atom. The highest BCUT2D eigenvalue weighted by Crippen LogP contribution is 2.31. The SMILES string of the molecule is CCCCCc1nc(COc2ccccc2-c2cccc(C)c2)c(C)o1. The maximum absolute atomic E-state index is 6.11. The van der Waals surface area contributed by atoms with Crippen molar-refractivity contribution in [1.82, 2.24) is 4.98 Å². The quantitative estimate of drug-likeness (QED) is 0.450. The fraction of sp³-hybridized carbons (Fsp3) is 0.348. The van der Waals surface area contributed by atoms with Crippen molar-refractivity contribution in [3.05, 3.63) is 71.4 Å². The molecule has 3 aromatic rings. The van der Waals surface area contributed by atoms with Gasteiger partial charge in [0.1, 0.15) is 23.8 Å². The number of hydrogen-bond acceptors (Lipinski definition) is 3. The van der Waals surface area contributed by atoms with Gasteiger partial charge in [-0.3, -0.25) is 0 Å². The van der Waals surface area contributed by atoms with Crippen LogP contribution >= 0.6 is 0 Å². The van der Waals surface area contributed by atoms with E-state index in [1.165, 1.54) is 18.4 Å². The Labute approximate surface area is 156 Å². The van der Waals surface area contributed by atoms with Gasteiger partial charge in [0, 0.05) is 12.0 Å². The summed E-state index contributed by atoms with van der Waals surface area (Å²) in [7, 11) is 0. The monoisotopic (exact) mass is 349 g/mol. The molecule has 0 saturated heterocycles. The van der Waals surface area contributed by atoms with Crippen LogP contribution in [0.4, 0.5) is 0 Å². The molecule has 0 atom stereocenters. The van der Waals surface area contributed by atoms with Crippen LogP contribution in [0.2, 0.25) is 0 Å². The molecule has 0 fully saturated rings. The number of oxazole rings is 1. The van der Waals surface area contributed by atoms with Gasteiger partial charge in [0.05, 0.1) is 0 Å². The highest BCUT2D eigenvalue weighted by molar-refractivity contribution is 5.70. The Balaban J connectivity index is 1.73. The molecule has 3 nitrogen and oxygen atoms in total. The summed E-state index contributed by atoms with van der Waals surface area (Å²) in [5.41, 5.74) is 4.38. The van der Waals surface area contributed by atoms with Crippen molar-refractivity contribution in [3.8, 4) is 16.9 Å². The third kappa shape index (κ3) is 4.54. The van der Waals surface area contributed by atoms with Crippen LogP contribution in [0.1, 0.15) is 49.1 Å². The minimum atomic E-state index is 0.423. The molecule has 1 aromatic heterocycles. The van der Waals surface area contributed by atoms with Crippen LogP contribution in [-0.2, 0) is 13.0 Å². The van der Waals surface area contributed by atoms with Gasteiger partial charge in [0.15, 0.2) is 5.89 Å². The van der Waals surface area contributed by atoms with E-state index in [0.717, 1.165) is 47.1 Å². The van der Waals surface area contributed by atoms with E-state index in [9.17, 15) is 0 Å². The zero-order valence-corrected chi connectivity index (χ0v) is 15.9. The van der Waals surface area contributed by atoms with Gasteiger partial charge in [0.25, 0.3) is 0 Å². The zero-order valence-electron chi connectivity index (χ0n) is 15.9. The molecule has 0 amide bonds. The molecule has 0 aliphatic rings. The average molecular weight is 349 g/mol. The summed E-state index contributed by atoms with van der Waals surface area (Å²) < 4.78 is 11.9. The highest BCUT2D eigenvalue weighted by Gasteiger charge is 2.12. The summed E-state index contributed by atoms with van der Waals surface area (Å²) in [6.45, 7) is 6.69. The van der Waals surface area contributed by atoms with Gasteiger partial charge in [-0.1, -0.05) is 67.8 Å². The fourth-order valence-electron chi connectivity index (χ4n) is 3.04. The normalized spacial score (nSPS) is 10.9. The van der Waals surface area contributed by atoms with Gasteiger partial charge >= 0.3 is 0 Å². The fourth-order valence-corrected chi connectivity index (χ4v) is 3.04. The molecule has 0 aliphatic carbocycles.